The van der Waals surface area contributed by atoms with E-state index in [1.54, 1.807) is 18.2 Å². The van der Waals surface area contributed by atoms with Crippen LogP contribution < -0.4 is 10.2 Å². The quantitative estimate of drug-likeness (QED) is 0.790. The zero-order valence-corrected chi connectivity index (χ0v) is 15.0. The Morgan fingerprint density at radius 2 is 2.04 bits per heavy atom. The molecule has 1 aliphatic heterocycles. The smallest absolute Gasteiger partial charge is 0.335 e. The second kappa shape index (κ2) is 7.81. The minimum Gasteiger partial charge on any atom is -0.478 e. The van der Waals surface area contributed by atoms with Gasteiger partial charge in [0.2, 0.25) is 0 Å². The Labute approximate surface area is 150 Å². The number of hydrogen-bond donors (Lipinski definition) is 2. The summed E-state index contributed by atoms with van der Waals surface area (Å²) in [7, 11) is 0. The minimum atomic E-state index is -0.877. The van der Waals surface area contributed by atoms with Gasteiger partial charge >= 0.3 is 5.97 Å². The molecular formula is C19H21BrN2O2. The van der Waals surface area contributed by atoms with Crippen molar-refractivity contribution in [1.82, 2.24) is 5.32 Å². The summed E-state index contributed by atoms with van der Waals surface area (Å²) in [6, 6.07) is 15.6. The topological polar surface area (TPSA) is 52.6 Å². The molecule has 0 saturated carbocycles. The van der Waals surface area contributed by atoms with Gasteiger partial charge in [-0.1, -0.05) is 28.1 Å². The zero-order chi connectivity index (χ0) is 16.9. The first kappa shape index (κ1) is 17.0. The fraction of sp³-hybridized carbons (Fsp3) is 0.316. The van der Waals surface area contributed by atoms with Gasteiger partial charge in [-0.25, -0.2) is 4.79 Å². The van der Waals surface area contributed by atoms with Crippen molar-refractivity contribution in [2.24, 2.45) is 5.92 Å². The van der Waals surface area contributed by atoms with Crippen molar-refractivity contribution in [3.05, 3.63) is 64.1 Å². The van der Waals surface area contributed by atoms with Gasteiger partial charge in [-0.05, 0) is 54.3 Å². The first-order valence-corrected chi connectivity index (χ1v) is 8.94. The van der Waals surface area contributed by atoms with E-state index in [0.29, 0.717) is 18.0 Å². The molecule has 4 nitrogen and oxygen atoms in total. The number of carbonyl (C=O) groups is 1. The van der Waals surface area contributed by atoms with Gasteiger partial charge in [0, 0.05) is 36.3 Å². The van der Waals surface area contributed by atoms with Crippen LogP contribution in [0.25, 0.3) is 0 Å². The molecular weight excluding hydrogens is 368 g/mol. The van der Waals surface area contributed by atoms with Gasteiger partial charge in [0.25, 0.3) is 0 Å². The molecule has 3 rings (SSSR count). The number of nitrogens with zero attached hydrogens (tertiary/aromatic N) is 1. The van der Waals surface area contributed by atoms with Crippen LogP contribution in [0.1, 0.15) is 22.3 Å². The molecule has 0 radical (unpaired) electrons. The highest BCUT2D eigenvalue weighted by atomic mass is 79.9. The van der Waals surface area contributed by atoms with Crippen molar-refractivity contribution in [3.8, 4) is 0 Å². The molecule has 1 saturated heterocycles. The van der Waals surface area contributed by atoms with Crippen LogP contribution in [0.3, 0.4) is 0 Å². The summed E-state index contributed by atoms with van der Waals surface area (Å²) in [6.07, 6.45) is 1.18. The molecule has 1 aliphatic rings. The maximum Gasteiger partial charge on any atom is 0.335 e. The first-order valence-electron chi connectivity index (χ1n) is 8.15. The third-order valence-electron chi connectivity index (χ3n) is 4.41. The van der Waals surface area contributed by atoms with Gasteiger partial charge in [-0.2, -0.15) is 0 Å². The van der Waals surface area contributed by atoms with Crippen molar-refractivity contribution < 1.29 is 9.90 Å². The maximum absolute atomic E-state index is 11.0. The Morgan fingerprint density at radius 3 is 2.79 bits per heavy atom. The summed E-state index contributed by atoms with van der Waals surface area (Å²) < 4.78 is 1.10. The minimum absolute atomic E-state index is 0.344. The number of carboxylic acid groups (broad SMARTS) is 1. The molecule has 24 heavy (non-hydrogen) atoms. The lowest BCUT2D eigenvalue weighted by Crippen LogP contribution is -2.26. The van der Waals surface area contributed by atoms with E-state index in [1.807, 2.05) is 6.07 Å². The van der Waals surface area contributed by atoms with Crippen LogP contribution in [0.4, 0.5) is 5.69 Å². The number of nitrogens with one attached hydrogen (secondary N) is 1. The van der Waals surface area contributed by atoms with E-state index < -0.39 is 5.97 Å². The lowest BCUT2D eigenvalue weighted by molar-refractivity contribution is 0.0696. The summed E-state index contributed by atoms with van der Waals surface area (Å²) in [5, 5.41) is 12.5. The number of aromatic carboxylic acids is 1. The molecule has 1 fully saturated rings. The van der Waals surface area contributed by atoms with E-state index in [9.17, 15) is 4.79 Å². The molecule has 5 heteroatoms. The van der Waals surface area contributed by atoms with E-state index in [-0.39, 0.29) is 0 Å². The van der Waals surface area contributed by atoms with Gasteiger partial charge in [-0.3, -0.25) is 0 Å². The van der Waals surface area contributed by atoms with Crippen molar-refractivity contribution in [1.29, 1.82) is 0 Å². The molecule has 126 valence electrons. The van der Waals surface area contributed by atoms with E-state index in [1.165, 1.54) is 12.1 Å². The van der Waals surface area contributed by atoms with Gasteiger partial charge in [0.1, 0.15) is 0 Å². The average Bonchev–Trinajstić information content (AvgIpc) is 3.05. The van der Waals surface area contributed by atoms with Gasteiger partial charge in [-0.15, -0.1) is 0 Å². The van der Waals surface area contributed by atoms with Crippen LogP contribution in [0.15, 0.2) is 53.0 Å². The SMILES string of the molecule is O=C(O)c1cccc(CNCC2CCN(c3ccc(Br)cc3)C2)c1. The maximum atomic E-state index is 11.0. The molecule has 0 aliphatic carbocycles. The monoisotopic (exact) mass is 388 g/mol. The number of halogens is 1. The lowest BCUT2D eigenvalue weighted by atomic mass is 10.1. The highest BCUT2D eigenvalue weighted by molar-refractivity contribution is 9.10. The van der Waals surface area contributed by atoms with Gasteiger partial charge in [0.05, 0.1) is 5.56 Å². The van der Waals surface area contributed by atoms with Crippen molar-refractivity contribution >= 4 is 27.6 Å². The number of benzene rings is 2. The Hall–Kier alpha value is -1.85. The summed E-state index contributed by atoms with van der Waals surface area (Å²) in [5.74, 6) is -0.255. The molecule has 0 aromatic heterocycles. The van der Waals surface area contributed by atoms with Crippen LogP contribution in [0.2, 0.25) is 0 Å². The molecule has 1 unspecified atom stereocenters. The fourth-order valence-corrected chi connectivity index (χ4v) is 3.38. The van der Waals surface area contributed by atoms with Gasteiger partial charge in [0.15, 0.2) is 0 Å². The summed E-state index contributed by atoms with van der Waals surface area (Å²) in [4.78, 5) is 13.4. The molecule has 0 spiro atoms. The van der Waals surface area contributed by atoms with Gasteiger partial charge < -0.3 is 15.3 Å². The predicted molar refractivity (Wildman–Crippen MR) is 99.6 cm³/mol. The van der Waals surface area contributed by atoms with Crippen molar-refractivity contribution in [2.75, 3.05) is 24.5 Å². The number of carboxylic acids is 1. The molecule has 0 amide bonds. The Bertz CT molecular complexity index is 703. The molecule has 0 bridgehead atoms. The van der Waals surface area contributed by atoms with E-state index in [2.05, 4.69) is 50.4 Å². The second-order valence-corrected chi connectivity index (χ2v) is 7.13. The molecule has 1 atom stereocenters. The van der Waals surface area contributed by atoms with E-state index in [4.69, 9.17) is 5.11 Å². The largest absolute Gasteiger partial charge is 0.478 e. The van der Waals surface area contributed by atoms with Crippen LogP contribution in [-0.2, 0) is 6.54 Å². The lowest BCUT2D eigenvalue weighted by Gasteiger charge is -2.19. The summed E-state index contributed by atoms with van der Waals surface area (Å²) in [5.41, 5.74) is 2.63. The van der Waals surface area contributed by atoms with Crippen LogP contribution in [0.5, 0.6) is 0 Å². The highest BCUT2D eigenvalue weighted by Crippen LogP contribution is 2.25. The molecule has 2 aromatic carbocycles. The average molecular weight is 389 g/mol. The number of hydrogen-bond acceptors (Lipinski definition) is 3. The molecule has 2 N–H and O–H groups in total. The van der Waals surface area contributed by atoms with Crippen LogP contribution in [0, 0.1) is 5.92 Å². The molecule has 2 aromatic rings. The third-order valence-corrected chi connectivity index (χ3v) is 4.94. The second-order valence-electron chi connectivity index (χ2n) is 6.21. The van der Waals surface area contributed by atoms with Crippen molar-refractivity contribution in [3.63, 3.8) is 0 Å². The first-order chi connectivity index (χ1) is 11.6. The van der Waals surface area contributed by atoms with Crippen LogP contribution >= 0.6 is 15.9 Å². The number of anilines is 1. The summed E-state index contributed by atoms with van der Waals surface area (Å²) in [6.45, 7) is 3.80. The van der Waals surface area contributed by atoms with Crippen LogP contribution in [-0.4, -0.2) is 30.7 Å². The van der Waals surface area contributed by atoms with E-state index >= 15 is 0 Å². The molecule has 1 heterocycles. The van der Waals surface area contributed by atoms with E-state index in [0.717, 1.165) is 29.7 Å². The standard InChI is InChI=1S/C19H21BrN2O2/c20-17-4-6-18(7-5-17)22-9-8-15(13-22)12-21-11-14-2-1-3-16(10-14)19(23)24/h1-7,10,15,21H,8-9,11-13H2,(H,23,24). The number of rotatable bonds is 6. The fourth-order valence-electron chi connectivity index (χ4n) is 3.12. The Morgan fingerprint density at radius 1 is 1.25 bits per heavy atom. The third kappa shape index (κ3) is 4.36. The Kier molecular flexibility index (Phi) is 5.53. The highest BCUT2D eigenvalue weighted by Gasteiger charge is 2.22. The van der Waals surface area contributed by atoms with Crippen molar-refractivity contribution in [2.45, 2.75) is 13.0 Å². The predicted octanol–water partition coefficient (Wildman–Crippen LogP) is 3.76. The normalized spacial score (nSPS) is 17.2. The zero-order valence-electron chi connectivity index (χ0n) is 13.4. The summed E-state index contributed by atoms with van der Waals surface area (Å²) >= 11 is 3.47. The Balaban J connectivity index is 1.47.